The minimum atomic E-state index is 0.521. The Morgan fingerprint density at radius 1 is 1.37 bits per heavy atom. The van der Waals surface area contributed by atoms with Crippen LogP contribution in [0.25, 0.3) is 0 Å². The summed E-state index contributed by atoms with van der Waals surface area (Å²) in [6, 6.07) is 6.30. The van der Waals surface area contributed by atoms with Gasteiger partial charge in [0.15, 0.2) is 0 Å². The molecule has 0 saturated carbocycles. The van der Waals surface area contributed by atoms with Crippen molar-refractivity contribution in [1.29, 1.82) is 0 Å². The molecule has 1 aliphatic heterocycles. The molecule has 1 aromatic carbocycles. The third-order valence-corrected chi connectivity index (χ3v) is 4.36. The lowest BCUT2D eigenvalue weighted by atomic mass is 10.1. The van der Waals surface area contributed by atoms with Gasteiger partial charge in [0.2, 0.25) is 0 Å². The topological polar surface area (TPSA) is 15.3 Å². The molecule has 1 N–H and O–H groups in total. The lowest BCUT2D eigenvalue weighted by Crippen LogP contribution is -2.35. The molecule has 1 aromatic rings. The van der Waals surface area contributed by atoms with Gasteiger partial charge < -0.3 is 5.32 Å². The van der Waals surface area contributed by atoms with Gasteiger partial charge in [-0.05, 0) is 57.0 Å². The van der Waals surface area contributed by atoms with Crippen LogP contribution in [0, 0.1) is 5.92 Å². The molecule has 2 nitrogen and oxygen atoms in total. The second kappa shape index (κ2) is 6.94. The van der Waals surface area contributed by atoms with Gasteiger partial charge in [0.25, 0.3) is 0 Å². The number of hydrogen-bond acceptors (Lipinski definition) is 2. The molecule has 1 fully saturated rings. The molecule has 0 radical (unpaired) electrons. The van der Waals surface area contributed by atoms with Gasteiger partial charge >= 0.3 is 0 Å². The van der Waals surface area contributed by atoms with Gasteiger partial charge in [-0.3, -0.25) is 4.90 Å². The quantitative estimate of drug-likeness (QED) is 0.889. The van der Waals surface area contributed by atoms with Crippen molar-refractivity contribution in [3.8, 4) is 0 Å². The highest BCUT2D eigenvalue weighted by Crippen LogP contribution is 2.24. The molecule has 0 bridgehead atoms. The molecular formula is C15H22Cl2N2. The van der Waals surface area contributed by atoms with Crippen molar-refractivity contribution in [2.75, 3.05) is 19.6 Å². The highest BCUT2D eigenvalue weighted by Gasteiger charge is 2.20. The van der Waals surface area contributed by atoms with E-state index in [0.717, 1.165) is 42.7 Å². The van der Waals surface area contributed by atoms with Crippen molar-refractivity contribution in [1.82, 2.24) is 10.2 Å². The molecule has 1 saturated heterocycles. The first kappa shape index (κ1) is 15.1. The second-order valence-electron chi connectivity index (χ2n) is 5.62. The Bertz CT molecular complexity index is 415. The van der Waals surface area contributed by atoms with Crippen molar-refractivity contribution in [2.24, 2.45) is 5.92 Å². The van der Waals surface area contributed by atoms with Crippen LogP contribution in [0.1, 0.15) is 25.8 Å². The summed E-state index contributed by atoms with van der Waals surface area (Å²) in [6.07, 6.45) is 1.28. The van der Waals surface area contributed by atoms with Crippen LogP contribution in [0.15, 0.2) is 18.2 Å². The fraction of sp³-hybridized carbons (Fsp3) is 0.600. The molecule has 1 aliphatic rings. The average molecular weight is 301 g/mol. The van der Waals surface area contributed by atoms with Gasteiger partial charge in [-0.15, -0.1) is 0 Å². The van der Waals surface area contributed by atoms with Gasteiger partial charge in [-0.25, -0.2) is 0 Å². The van der Waals surface area contributed by atoms with Gasteiger partial charge in [-0.1, -0.05) is 29.3 Å². The smallest absolute Gasteiger partial charge is 0.0465 e. The Kier molecular flexibility index (Phi) is 5.52. The van der Waals surface area contributed by atoms with Gasteiger partial charge in [0.1, 0.15) is 0 Å². The van der Waals surface area contributed by atoms with E-state index in [2.05, 4.69) is 24.1 Å². The van der Waals surface area contributed by atoms with Crippen LogP contribution in [-0.4, -0.2) is 30.6 Å². The van der Waals surface area contributed by atoms with Gasteiger partial charge in [0, 0.05) is 29.2 Å². The molecule has 0 amide bonds. The maximum absolute atomic E-state index is 6.27. The molecular weight excluding hydrogens is 279 g/mol. The molecule has 4 heteroatoms. The van der Waals surface area contributed by atoms with E-state index in [1.54, 1.807) is 0 Å². The second-order valence-corrected chi connectivity index (χ2v) is 6.46. The summed E-state index contributed by atoms with van der Waals surface area (Å²) in [6.45, 7) is 8.79. The zero-order valence-corrected chi connectivity index (χ0v) is 13.1. The van der Waals surface area contributed by atoms with Crippen LogP contribution in [0.4, 0.5) is 0 Å². The lowest BCUT2D eigenvalue weighted by molar-refractivity contribution is 0.184. The maximum atomic E-state index is 6.27. The van der Waals surface area contributed by atoms with E-state index in [1.807, 2.05) is 18.2 Å². The Hall–Kier alpha value is -0.280. The Labute approximate surface area is 126 Å². The molecule has 2 rings (SSSR count). The number of benzene rings is 1. The zero-order valence-electron chi connectivity index (χ0n) is 11.6. The van der Waals surface area contributed by atoms with Crippen LogP contribution >= 0.6 is 23.2 Å². The van der Waals surface area contributed by atoms with Crippen LogP contribution in [0.2, 0.25) is 10.0 Å². The summed E-state index contributed by atoms with van der Waals surface area (Å²) in [5.74, 6) is 0.758. The third kappa shape index (κ3) is 4.35. The molecule has 1 heterocycles. The molecule has 106 valence electrons. The first-order valence-corrected chi connectivity index (χ1v) is 7.70. The maximum Gasteiger partial charge on any atom is 0.0465 e. The third-order valence-electron chi connectivity index (χ3n) is 3.77. The Morgan fingerprint density at radius 2 is 2.16 bits per heavy atom. The first-order chi connectivity index (χ1) is 9.06. The largest absolute Gasteiger partial charge is 0.316 e. The van der Waals surface area contributed by atoms with Crippen molar-refractivity contribution in [3.05, 3.63) is 33.8 Å². The van der Waals surface area contributed by atoms with Crippen LogP contribution in [0.5, 0.6) is 0 Å². The number of halogens is 2. The average Bonchev–Trinajstić information content (AvgIpc) is 2.84. The molecule has 0 unspecified atom stereocenters. The van der Waals surface area contributed by atoms with E-state index in [-0.39, 0.29) is 0 Å². The fourth-order valence-electron chi connectivity index (χ4n) is 2.53. The molecule has 0 spiro atoms. The molecule has 0 aliphatic carbocycles. The minimum Gasteiger partial charge on any atom is -0.316 e. The monoisotopic (exact) mass is 300 g/mol. The highest BCUT2D eigenvalue weighted by molar-refractivity contribution is 6.35. The standard InChI is InChI=1S/C15H22Cl2N2/c1-11(2)19(9-12-5-6-18-8-12)10-13-3-4-14(16)7-15(13)17/h3-4,7,11-12,18H,5-6,8-10H2,1-2H3/t12-/m0/s1. The van der Waals surface area contributed by atoms with Gasteiger partial charge in [-0.2, -0.15) is 0 Å². The molecule has 1 atom stereocenters. The minimum absolute atomic E-state index is 0.521. The Balaban J connectivity index is 2.02. The summed E-state index contributed by atoms with van der Waals surface area (Å²) < 4.78 is 0. The number of nitrogens with zero attached hydrogens (tertiary/aromatic N) is 1. The molecule has 19 heavy (non-hydrogen) atoms. The van der Waals surface area contributed by atoms with Crippen molar-refractivity contribution in [2.45, 2.75) is 32.9 Å². The van der Waals surface area contributed by atoms with E-state index in [1.165, 1.54) is 6.42 Å². The normalized spacial score (nSPS) is 19.6. The summed E-state index contributed by atoms with van der Waals surface area (Å²) in [5, 5.41) is 4.89. The van der Waals surface area contributed by atoms with Crippen molar-refractivity contribution >= 4 is 23.2 Å². The summed E-state index contributed by atoms with van der Waals surface area (Å²) in [7, 11) is 0. The lowest BCUT2D eigenvalue weighted by Gasteiger charge is -2.29. The van der Waals surface area contributed by atoms with E-state index >= 15 is 0 Å². The van der Waals surface area contributed by atoms with Crippen molar-refractivity contribution in [3.63, 3.8) is 0 Å². The number of hydrogen-bond donors (Lipinski definition) is 1. The highest BCUT2D eigenvalue weighted by atomic mass is 35.5. The number of rotatable bonds is 5. The molecule has 0 aromatic heterocycles. The first-order valence-electron chi connectivity index (χ1n) is 6.95. The van der Waals surface area contributed by atoms with E-state index < -0.39 is 0 Å². The fourth-order valence-corrected chi connectivity index (χ4v) is 3.00. The summed E-state index contributed by atoms with van der Waals surface area (Å²) in [4.78, 5) is 2.49. The van der Waals surface area contributed by atoms with Crippen LogP contribution in [-0.2, 0) is 6.54 Å². The van der Waals surface area contributed by atoms with Crippen molar-refractivity contribution < 1.29 is 0 Å². The Morgan fingerprint density at radius 3 is 2.74 bits per heavy atom. The SMILES string of the molecule is CC(C)N(Cc1ccc(Cl)cc1Cl)C[C@H]1CCNC1. The van der Waals surface area contributed by atoms with Gasteiger partial charge in [0.05, 0.1) is 0 Å². The predicted molar refractivity (Wildman–Crippen MR) is 83.0 cm³/mol. The van der Waals surface area contributed by atoms with E-state index in [4.69, 9.17) is 23.2 Å². The summed E-state index contributed by atoms with van der Waals surface area (Å²) in [5.41, 5.74) is 1.16. The number of nitrogens with one attached hydrogen (secondary N) is 1. The zero-order chi connectivity index (χ0) is 13.8. The predicted octanol–water partition coefficient (Wildman–Crippen LogP) is 3.81. The summed E-state index contributed by atoms with van der Waals surface area (Å²) >= 11 is 12.2. The van der Waals surface area contributed by atoms with Crippen LogP contribution < -0.4 is 5.32 Å². The van der Waals surface area contributed by atoms with Crippen LogP contribution in [0.3, 0.4) is 0 Å². The van der Waals surface area contributed by atoms with E-state index in [9.17, 15) is 0 Å². The van der Waals surface area contributed by atoms with E-state index in [0.29, 0.717) is 11.1 Å².